The summed E-state index contributed by atoms with van der Waals surface area (Å²) in [5.41, 5.74) is 5.23. The van der Waals surface area contributed by atoms with Crippen molar-refractivity contribution in [2.75, 3.05) is 32.7 Å². The number of amides is 1. The van der Waals surface area contributed by atoms with E-state index in [0.717, 1.165) is 26.2 Å². The first-order chi connectivity index (χ1) is 8.40. The second kappa shape index (κ2) is 6.95. The van der Waals surface area contributed by atoms with Gasteiger partial charge < -0.3 is 20.7 Å². The van der Waals surface area contributed by atoms with Crippen LogP contribution in [0.15, 0.2) is 0 Å². The lowest BCUT2D eigenvalue weighted by Crippen LogP contribution is -2.41. The number of piperidine rings is 1. The van der Waals surface area contributed by atoms with Crippen LogP contribution in [0.2, 0.25) is 0 Å². The molecule has 1 amide bonds. The summed E-state index contributed by atoms with van der Waals surface area (Å²) >= 11 is 0. The van der Waals surface area contributed by atoms with Crippen LogP contribution in [-0.2, 0) is 4.74 Å². The molecule has 5 heteroatoms. The minimum Gasteiger partial charge on any atom is -0.444 e. The molecule has 1 rings (SSSR count). The number of rotatable bonds is 4. The molecule has 3 N–H and O–H groups in total. The number of alkyl carbamates (subject to hydrolysis) is 1. The summed E-state index contributed by atoms with van der Waals surface area (Å²) in [5.74, 6) is 0.681. The van der Waals surface area contributed by atoms with E-state index in [9.17, 15) is 4.79 Å². The van der Waals surface area contributed by atoms with E-state index < -0.39 is 5.60 Å². The number of hydrogen-bond donors (Lipinski definition) is 2. The standard InChI is InChI=1S/C13H27N3O2/c1-13(2,3)18-12(17)15-6-9-16-7-4-11(10-14)5-8-16/h11H,4-10,14H2,1-3H3,(H,15,17). The van der Waals surface area contributed by atoms with E-state index in [1.54, 1.807) is 0 Å². The third kappa shape index (κ3) is 6.21. The highest BCUT2D eigenvalue weighted by atomic mass is 16.6. The van der Waals surface area contributed by atoms with Crippen molar-refractivity contribution in [3.05, 3.63) is 0 Å². The maximum absolute atomic E-state index is 11.4. The summed E-state index contributed by atoms with van der Waals surface area (Å²) in [7, 11) is 0. The van der Waals surface area contributed by atoms with E-state index in [1.165, 1.54) is 12.8 Å². The molecule has 0 aromatic rings. The van der Waals surface area contributed by atoms with Crippen LogP contribution in [0, 0.1) is 5.92 Å². The molecule has 0 saturated carbocycles. The number of carbonyl (C=O) groups excluding carboxylic acids is 1. The summed E-state index contributed by atoms with van der Waals surface area (Å²) in [6.07, 6.45) is 2.01. The van der Waals surface area contributed by atoms with E-state index >= 15 is 0 Å². The monoisotopic (exact) mass is 257 g/mol. The molecular formula is C13H27N3O2. The minimum atomic E-state index is -0.427. The maximum Gasteiger partial charge on any atom is 0.407 e. The molecule has 1 saturated heterocycles. The van der Waals surface area contributed by atoms with E-state index in [0.29, 0.717) is 12.5 Å². The Morgan fingerprint density at radius 3 is 2.50 bits per heavy atom. The van der Waals surface area contributed by atoms with Gasteiger partial charge in [-0.2, -0.15) is 0 Å². The second-order valence-electron chi connectivity index (χ2n) is 5.95. The predicted molar refractivity (Wildman–Crippen MR) is 72.5 cm³/mol. The molecule has 1 aliphatic heterocycles. The third-order valence-corrected chi connectivity index (χ3v) is 3.14. The third-order valence-electron chi connectivity index (χ3n) is 3.14. The van der Waals surface area contributed by atoms with Crippen LogP contribution in [-0.4, -0.2) is 49.3 Å². The largest absolute Gasteiger partial charge is 0.444 e. The van der Waals surface area contributed by atoms with Crippen molar-refractivity contribution in [2.45, 2.75) is 39.2 Å². The topological polar surface area (TPSA) is 67.6 Å². The van der Waals surface area contributed by atoms with Crippen molar-refractivity contribution in [1.82, 2.24) is 10.2 Å². The summed E-state index contributed by atoms with van der Waals surface area (Å²) in [5, 5.41) is 2.78. The van der Waals surface area contributed by atoms with Crippen molar-refractivity contribution >= 4 is 6.09 Å². The molecule has 0 atom stereocenters. The number of carbonyl (C=O) groups is 1. The Bertz CT molecular complexity index is 255. The zero-order chi connectivity index (χ0) is 13.6. The predicted octanol–water partition coefficient (Wildman–Crippen LogP) is 1.18. The minimum absolute atomic E-state index is 0.334. The molecule has 0 radical (unpaired) electrons. The SMILES string of the molecule is CC(C)(C)OC(=O)NCCN1CCC(CN)CC1. The molecule has 106 valence electrons. The van der Waals surface area contributed by atoms with Crippen LogP contribution in [0.4, 0.5) is 4.79 Å². The first-order valence-corrected chi connectivity index (χ1v) is 6.80. The van der Waals surface area contributed by atoms with Gasteiger partial charge in [-0.1, -0.05) is 0 Å². The zero-order valence-corrected chi connectivity index (χ0v) is 11.9. The lowest BCUT2D eigenvalue weighted by molar-refractivity contribution is 0.0519. The van der Waals surface area contributed by atoms with Crippen molar-refractivity contribution < 1.29 is 9.53 Å². The van der Waals surface area contributed by atoms with Crippen LogP contribution in [0.5, 0.6) is 0 Å². The van der Waals surface area contributed by atoms with Gasteiger partial charge in [0.05, 0.1) is 0 Å². The van der Waals surface area contributed by atoms with Gasteiger partial charge in [-0.15, -0.1) is 0 Å². The van der Waals surface area contributed by atoms with Crippen LogP contribution in [0.1, 0.15) is 33.6 Å². The van der Waals surface area contributed by atoms with Crippen molar-refractivity contribution in [3.8, 4) is 0 Å². The van der Waals surface area contributed by atoms with Gasteiger partial charge >= 0.3 is 6.09 Å². The Hall–Kier alpha value is -0.810. The molecule has 1 fully saturated rings. The van der Waals surface area contributed by atoms with Gasteiger partial charge in [-0.25, -0.2) is 4.79 Å². The van der Waals surface area contributed by atoms with Crippen molar-refractivity contribution in [3.63, 3.8) is 0 Å². The lowest BCUT2D eigenvalue weighted by Gasteiger charge is -2.31. The van der Waals surface area contributed by atoms with E-state index in [-0.39, 0.29) is 6.09 Å². The molecule has 0 unspecified atom stereocenters. The molecule has 5 nitrogen and oxygen atoms in total. The van der Waals surface area contributed by atoms with Gasteiger partial charge in [-0.05, 0) is 59.2 Å². The number of nitrogens with one attached hydrogen (secondary N) is 1. The van der Waals surface area contributed by atoms with Crippen LogP contribution >= 0.6 is 0 Å². The van der Waals surface area contributed by atoms with Crippen LogP contribution in [0.3, 0.4) is 0 Å². The maximum atomic E-state index is 11.4. The molecular weight excluding hydrogens is 230 g/mol. The van der Waals surface area contributed by atoms with Gasteiger partial charge in [0, 0.05) is 13.1 Å². The fourth-order valence-corrected chi connectivity index (χ4v) is 2.08. The Morgan fingerprint density at radius 1 is 1.39 bits per heavy atom. The van der Waals surface area contributed by atoms with E-state index in [1.807, 2.05) is 20.8 Å². The van der Waals surface area contributed by atoms with Crippen molar-refractivity contribution in [1.29, 1.82) is 0 Å². The molecule has 0 bridgehead atoms. The number of hydrogen-bond acceptors (Lipinski definition) is 4. The van der Waals surface area contributed by atoms with Gasteiger partial charge in [-0.3, -0.25) is 0 Å². The normalized spacial score (nSPS) is 18.7. The number of ether oxygens (including phenoxy) is 1. The number of nitrogens with zero attached hydrogens (tertiary/aromatic N) is 1. The average Bonchev–Trinajstić information content (AvgIpc) is 2.27. The Kier molecular flexibility index (Phi) is 5.88. The molecule has 18 heavy (non-hydrogen) atoms. The fourth-order valence-electron chi connectivity index (χ4n) is 2.08. The summed E-state index contributed by atoms with van der Waals surface area (Å²) in [4.78, 5) is 13.8. The summed E-state index contributed by atoms with van der Waals surface area (Å²) < 4.78 is 5.18. The first kappa shape index (κ1) is 15.2. The first-order valence-electron chi connectivity index (χ1n) is 6.80. The number of nitrogens with two attached hydrogens (primary N) is 1. The zero-order valence-electron chi connectivity index (χ0n) is 11.9. The van der Waals surface area contributed by atoms with Crippen LogP contribution < -0.4 is 11.1 Å². The molecule has 0 spiro atoms. The Balaban J connectivity index is 2.10. The van der Waals surface area contributed by atoms with Crippen molar-refractivity contribution in [2.24, 2.45) is 11.7 Å². The van der Waals surface area contributed by atoms with Gasteiger partial charge in [0.25, 0.3) is 0 Å². The summed E-state index contributed by atoms with van der Waals surface area (Å²) in [6, 6.07) is 0. The Morgan fingerprint density at radius 2 is 2.00 bits per heavy atom. The number of likely N-dealkylation sites (tertiary alicyclic amines) is 1. The lowest BCUT2D eigenvalue weighted by atomic mass is 9.97. The molecule has 0 aliphatic carbocycles. The van der Waals surface area contributed by atoms with E-state index in [2.05, 4.69) is 10.2 Å². The van der Waals surface area contributed by atoms with Gasteiger partial charge in [0.2, 0.25) is 0 Å². The highest BCUT2D eigenvalue weighted by Crippen LogP contribution is 2.14. The average molecular weight is 257 g/mol. The van der Waals surface area contributed by atoms with E-state index in [4.69, 9.17) is 10.5 Å². The molecule has 0 aromatic heterocycles. The molecule has 1 heterocycles. The Labute approximate surface area is 110 Å². The molecule has 0 aromatic carbocycles. The quantitative estimate of drug-likeness (QED) is 0.793. The smallest absolute Gasteiger partial charge is 0.407 e. The highest BCUT2D eigenvalue weighted by molar-refractivity contribution is 5.67. The highest BCUT2D eigenvalue weighted by Gasteiger charge is 2.18. The summed E-state index contributed by atoms with van der Waals surface area (Å²) in [6.45, 7) is 10.1. The van der Waals surface area contributed by atoms with Gasteiger partial charge in [0.1, 0.15) is 5.60 Å². The van der Waals surface area contributed by atoms with Crippen LogP contribution in [0.25, 0.3) is 0 Å². The fraction of sp³-hybridized carbons (Fsp3) is 0.923. The second-order valence-corrected chi connectivity index (χ2v) is 5.95. The van der Waals surface area contributed by atoms with Gasteiger partial charge in [0.15, 0.2) is 0 Å². The molecule has 1 aliphatic rings.